The lowest BCUT2D eigenvalue weighted by molar-refractivity contribution is 1.79. The summed E-state index contributed by atoms with van der Waals surface area (Å²) >= 11 is 1.81. The Bertz CT molecular complexity index is 889. The number of nitrogens with two attached hydrogens (primary N) is 1. The molecule has 2 N–H and O–H groups in total. The Hall–Kier alpha value is -2.06. The Balaban J connectivity index is 2.39. The summed E-state index contributed by atoms with van der Waals surface area (Å²) in [7, 11) is 0. The highest BCUT2D eigenvalue weighted by atomic mass is 32.1. The van der Waals surface area contributed by atoms with Gasteiger partial charge in [0, 0.05) is 31.2 Å². The second-order valence-electron chi connectivity index (χ2n) is 4.48. The van der Waals surface area contributed by atoms with Gasteiger partial charge in [0.1, 0.15) is 0 Å². The van der Waals surface area contributed by atoms with Crippen molar-refractivity contribution in [1.29, 1.82) is 0 Å². The maximum atomic E-state index is 6.15. The van der Waals surface area contributed by atoms with Crippen LogP contribution in [0.3, 0.4) is 0 Å². The number of thiophene rings is 1. The molecule has 86 valence electrons. The van der Waals surface area contributed by atoms with Gasteiger partial charge >= 0.3 is 0 Å². The summed E-state index contributed by atoms with van der Waals surface area (Å²) in [5.41, 5.74) is 7.02. The van der Waals surface area contributed by atoms with Crippen molar-refractivity contribution in [2.75, 3.05) is 5.73 Å². The largest absolute Gasteiger partial charge is 0.398 e. The maximum absolute atomic E-state index is 6.15. The summed E-state index contributed by atoms with van der Waals surface area (Å²) in [6, 6.07) is 19.0. The van der Waals surface area contributed by atoms with Crippen molar-refractivity contribution in [3.05, 3.63) is 54.6 Å². The van der Waals surface area contributed by atoms with Crippen molar-refractivity contribution in [2.24, 2.45) is 0 Å². The van der Waals surface area contributed by atoms with Gasteiger partial charge in [-0.05, 0) is 17.5 Å². The van der Waals surface area contributed by atoms with E-state index in [2.05, 4.69) is 48.5 Å². The molecular weight excluding hydrogens is 238 g/mol. The third-order valence-corrected chi connectivity index (χ3v) is 4.53. The molecule has 4 aromatic rings. The zero-order chi connectivity index (χ0) is 12.1. The third kappa shape index (κ3) is 1.21. The van der Waals surface area contributed by atoms with E-state index >= 15 is 0 Å². The van der Waals surface area contributed by atoms with Crippen LogP contribution in [0.15, 0.2) is 54.6 Å². The molecule has 1 nitrogen and oxygen atoms in total. The lowest BCUT2D eigenvalue weighted by Gasteiger charge is -2.03. The predicted molar refractivity (Wildman–Crippen MR) is 81.2 cm³/mol. The van der Waals surface area contributed by atoms with E-state index in [1.54, 1.807) is 0 Å². The smallest absolute Gasteiger partial charge is 0.0408 e. The fourth-order valence-corrected chi connectivity index (χ4v) is 3.79. The van der Waals surface area contributed by atoms with Gasteiger partial charge in [0.15, 0.2) is 0 Å². The van der Waals surface area contributed by atoms with E-state index < -0.39 is 0 Å². The number of hydrogen-bond donors (Lipinski definition) is 1. The fraction of sp³-hybridized carbons (Fsp3) is 0. The standard InChI is InChI=1S/C16H11NS/c17-13-9-15-16(11-6-2-1-5-10(11)13)12-7-3-4-8-14(12)18-15/h1-9H,17H2. The summed E-state index contributed by atoms with van der Waals surface area (Å²) in [6.07, 6.45) is 0. The molecule has 0 fully saturated rings. The number of nitrogen functional groups attached to an aromatic ring is 1. The lowest BCUT2D eigenvalue weighted by atomic mass is 10.0. The van der Waals surface area contributed by atoms with Gasteiger partial charge in [-0.2, -0.15) is 0 Å². The third-order valence-electron chi connectivity index (χ3n) is 3.42. The topological polar surface area (TPSA) is 26.0 Å². The van der Waals surface area contributed by atoms with Crippen LogP contribution in [0, 0.1) is 0 Å². The highest BCUT2D eigenvalue weighted by Crippen LogP contribution is 2.40. The SMILES string of the molecule is Nc1cc2sc3ccccc3c2c2ccccc12. The molecule has 1 heterocycles. The normalized spacial score (nSPS) is 11.6. The monoisotopic (exact) mass is 249 g/mol. The first-order valence-corrected chi connectivity index (χ1v) is 6.75. The molecule has 0 atom stereocenters. The van der Waals surface area contributed by atoms with Crippen molar-refractivity contribution in [3.8, 4) is 0 Å². The van der Waals surface area contributed by atoms with Gasteiger partial charge in [0.05, 0.1) is 0 Å². The molecule has 3 aromatic carbocycles. The Morgan fingerprint density at radius 2 is 1.39 bits per heavy atom. The fourth-order valence-electron chi connectivity index (χ4n) is 2.62. The summed E-state index contributed by atoms with van der Waals surface area (Å²) < 4.78 is 2.59. The summed E-state index contributed by atoms with van der Waals surface area (Å²) in [5.74, 6) is 0. The Morgan fingerprint density at radius 1 is 0.722 bits per heavy atom. The van der Waals surface area contributed by atoms with Crippen LogP contribution >= 0.6 is 11.3 Å². The number of fused-ring (bicyclic) bond motifs is 5. The van der Waals surface area contributed by atoms with Crippen molar-refractivity contribution in [1.82, 2.24) is 0 Å². The Kier molecular flexibility index (Phi) is 1.91. The van der Waals surface area contributed by atoms with Crippen molar-refractivity contribution in [3.63, 3.8) is 0 Å². The summed E-state index contributed by atoms with van der Waals surface area (Å²) in [6.45, 7) is 0. The molecule has 0 aliphatic heterocycles. The molecule has 4 rings (SSSR count). The van der Waals surface area contributed by atoms with E-state index in [-0.39, 0.29) is 0 Å². The van der Waals surface area contributed by atoms with E-state index in [4.69, 9.17) is 5.73 Å². The van der Waals surface area contributed by atoms with Crippen LogP contribution < -0.4 is 5.73 Å². The van der Waals surface area contributed by atoms with E-state index in [0.717, 1.165) is 11.1 Å². The zero-order valence-corrected chi connectivity index (χ0v) is 10.5. The van der Waals surface area contributed by atoms with Crippen LogP contribution in [0.25, 0.3) is 30.9 Å². The first-order valence-electron chi connectivity index (χ1n) is 5.93. The minimum Gasteiger partial charge on any atom is -0.398 e. The van der Waals surface area contributed by atoms with Gasteiger partial charge in [-0.15, -0.1) is 11.3 Å². The molecule has 0 saturated carbocycles. The maximum Gasteiger partial charge on any atom is 0.0408 e. The molecular formula is C16H11NS. The van der Waals surface area contributed by atoms with Gasteiger partial charge in [-0.1, -0.05) is 42.5 Å². The van der Waals surface area contributed by atoms with Gasteiger partial charge in [-0.25, -0.2) is 0 Å². The second-order valence-corrected chi connectivity index (χ2v) is 5.57. The molecule has 18 heavy (non-hydrogen) atoms. The van der Waals surface area contributed by atoms with Gasteiger partial charge in [-0.3, -0.25) is 0 Å². The average Bonchev–Trinajstić information content (AvgIpc) is 2.77. The zero-order valence-electron chi connectivity index (χ0n) is 9.68. The first kappa shape index (κ1) is 9.92. The molecule has 2 heteroatoms. The van der Waals surface area contributed by atoms with Gasteiger partial charge < -0.3 is 5.73 Å². The molecule has 0 aliphatic rings. The van der Waals surface area contributed by atoms with Crippen LogP contribution in [-0.2, 0) is 0 Å². The molecule has 1 aromatic heterocycles. The van der Waals surface area contributed by atoms with Crippen LogP contribution in [0.2, 0.25) is 0 Å². The minimum absolute atomic E-state index is 0.865. The number of benzene rings is 3. The van der Waals surface area contributed by atoms with Gasteiger partial charge in [0.25, 0.3) is 0 Å². The molecule has 0 radical (unpaired) electrons. The van der Waals surface area contributed by atoms with Gasteiger partial charge in [0.2, 0.25) is 0 Å². The van der Waals surface area contributed by atoms with E-state index in [1.165, 1.54) is 25.6 Å². The number of rotatable bonds is 0. The average molecular weight is 249 g/mol. The number of anilines is 1. The highest BCUT2D eigenvalue weighted by Gasteiger charge is 2.09. The van der Waals surface area contributed by atoms with Crippen molar-refractivity contribution < 1.29 is 0 Å². The molecule has 0 aliphatic carbocycles. The van der Waals surface area contributed by atoms with Crippen LogP contribution in [0.4, 0.5) is 5.69 Å². The quantitative estimate of drug-likeness (QED) is 0.445. The highest BCUT2D eigenvalue weighted by molar-refractivity contribution is 7.26. The van der Waals surface area contributed by atoms with Crippen LogP contribution in [0.5, 0.6) is 0 Å². The minimum atomic E-state index is 0.865. The Labute approximate surface area is 108 Å². The second kappa shape index (κ2) is 3.47. The van der Waals surface area contributed by atoms with Crippen LogP contribution in [0.1, 0.15) is 0 Å². The van der Waals surface area contributed by atoms with Crippen LogP contribution in [-0.4, -0.2) is 0 Å². The summed E-state index contributed by atoms with van der Waals surface area (Å²) in [5, 5.41) is 5.06. The molecule has 0 unspecified atom stereocenters. The molecule has 0 saturated heterocycles. The van der Waals surface area contributed by atoms with Crippen molar-refractivity contribution >= 4 is 48.0 Å². The predicted octanol–water partition coefficient (Wildman–Crippen LogP) is 4.79. The van der Waals surface area contributed by atoms with E-state index in [1.807, 2.05) is 17.4 Å². The Morgan fingerprint density at radius 3 is 2.22 bits per heavy atom. The summed E-state index contributed by atoms with van der Waals surface area (Å²) in [4.78, 5) is 0. The molecule has 0 spiro atoms. The molecule has 0 bridgehead atoms. The van der Waals surface area contributed by atoms with E-state index in [9.17, 15) is 0 Å². The first-order chi connectivity index (χ1) is 8.84. The van der Waals surface area contributed by atoms with Crippen molar-refractivity contribution in [2.45, 2.75) is 0 Å². The number of hydrogen-bond acceptors (Lipinski definition) is 2. The lowest BCUT2D eigenvalue weighted by Crippen LogP contribution is -1.86. The van der Waals surface area contributed by atoms with E-state index in [0.29, 0.717) is 0 Å². The molecule has 0 amide bonds.